The first kappa shape index (κ1) is 14.7. The van der Waals surface area contributed by atoms with E-state index in [0.717, 1.165) is 0 Å². The fraction of sp³-hybridized carbons (Fsp3) is 0.800. The zero-order valence-electron chi connectivity index (χ0n) is 10.0. The number of methoxy groups -OCH3 is 1. The van der Waals surface area contributed by atoms with Crippen LogP contribution in [0.25, 0.3) is 0 Å². The lowest BCUT2D eigenvalue weighted by molar-refractivity contribution is -0.141. The molecule has 0 aromatic rings. The number of ether oxygens (including phenoxy) is 2. The van der Waals surface area contributed by atoms with E-state index in [1.165, 1.54) is 7.11 Å². The number of alkyl carbamates (subject to hydrolysis) is 1. The molecule has 1 N–H and O–H groups in total. The summed E-state index contributed by atoms with van der Waals surface area (Å²) in [5.74, 6) is -0.480. The highest BCUT2D eigenvalue weighted by atomic mass is 16.6. The van der Waals surface area contributed by atoms with Crippen LogP contribution >= 0.6 is 0 Å². The van der Waals surface area contributed by atoms with Crippen LogP contribution in [0.2, 0.25) is 0 Å². The topological polar surface area (TPSA) is 84.5 Å². The van der Waals surface area contributed by atoms with Gasteiger partial charge in [-0.1, -0.05) is 0 Å². The predicted molar refractivity (Wildman–Crippen MR) is 55.1 cm³/mol. The second-order valence-electron chi connectivity index (χ2n) is 4.25. The van der Waals surface area contributed by atoms with E-state index in [0.29, 0.717) is 0 Å². The average Bonchev–Trinajstić information content (AvgIpc) is 2.10. The van der Waals surface area contributed by atoms with Crippen LogP contribution in [0.5, 0.6) is 0 Å². The molecule has 0 aliphatic heterocycles. The number of nitrogens with one attached hydrogen (secondary N) is 1. The summed E-state index contributed by atoms with van der Waals surface area (Å²) >= 11 is 0. The summed E-state index contributed by atoms with van der Waals surface area (Å²) in [7, 11) is 1.24. The first-order valence-corrected chi connectivity index (χ1v) is 4.97. The van der Waals surface area contributed by atoms with Gasteiger partial charge in [0.15, 0.2) is 6.23 Å². The summed E-state index contributed by atoms with van der Waals surface area (Å²) in [6.07, 6.45) is -2.20. The van der Waals surface area contributed by atoms with Gasteiger partial charge in [-0.3, -0.25) is 10.1 Å². The van der Waals surface area contributed by atoms with Gasteiger partial charge in [-0.2, -0.15) is 0 Å². The van der Waals surface area contributed by atoms with Gasteiger partial charge in [0.05, 0.1) is 7.11 Å². The quantitative estimate of drug-likeness (QED) is 0.583. The highest BCUT2D eigenvalue weighted by Gasteiger charge is 2.19. The minimum Gasteiger partial charge on any atom is -0.469 e. The van der Waals surface area contributed by atoms with Gasteiger partial charge in [0.1, 0.15) is 5.60 Å². The summed E-state index contributed by atoms with van der Waals surface area (Å²) in [4.78, 5) is 21.9. The van der Waals surface area contributed by atoms with Gasteiger partial charge in [-0.15, -0.1) is 0 Å². The van der Waals surface area contributed by atoms with Gasteiger partial charge in [0, 0.05) is 12.8 Å². The molecule has 0 rings (SSSR count). The molecule has 0 aromatic heterocycles. The van der Waals surface area contributed by atoms with Gasteiger partial charge in [0.25, 0.3) is 0 Å². The van der Waals surface area contributed by atoms with E-state index in [9.17, 15) is 14.7 Å². The average molecular weight is 232 g/mol. The third-order valence-corrected chi connectivity index (χ3v) is 1.52. The predicted octanol–water partition coefficient (Wildman–Crippen LogP) is 1.22. The summed E-state index contributed by atoms with van der Waals surface area (Å²) in [6.45, 7) is 5.09. The molecule has 93 valence electrons. The first-order valence-electron chi connectivity index (χ1n) is 4.97. The van der Waals surface area contributed by atoms with Crippen molar-refractivity contribution < 1.29 is 24.2 Å². The number of carbonyl (C=O) groups is 2. The van der Waals surface area contributed by atoms with Crippen molar-refractivity contribution in [3.05, 3.63) is 0 Å². The van der Waals surface area contributed by atoms with Crippen LogP contribution in [0.4, 0.5) is 4.79 Å². The van der Waals surface area contributed by atoms with E-state index in [1.807, 2.05) is 0 Å². The van der Waals surface area contributed by atoms with Crippen LogP contribution in [-0.2, 0) is 19.4 Å². The molecule has 1 amide bonds. The molecule has 0 spiro atoms. The molecule has 1 unspecified atom stereocenters. The Balaban J connectivity index is 3.83. The minimum absolute atomic E-state index is 0.0219. The fourth-order valence-electron chi connectivity index (χ4n) is 0.862. The summed E-state index contributed by atoms with van der Waals surface area (Å²) in [5, 5.41) is 13.3. The minimum atomic E-state index is -1.37. The Hall–Kier alpha value is -1.30. The van der Waals surface area contributed by atoms with Crippen molar-refractivity contribution in [2.24, 2.45) is 0 Å². The lowest BCUT2D eigenvalue weighted by Gasteiger charge is -2.20. The maximum Gasteiger partial charge on any atom is 0.409 e. The maximum absolute atomic E-state index is 11.2. The van der Waals surface area contributed by atoms with Crippen LogP contribution in [0, 0.1) is 0 Å². The molecule has 16 heavy (non-hydrogen) atoms. The number of amides is 1. The molecule has 0 saturated carbocycles. The van der Waals surface area contributed by atoms with E-state index in [4.69, 9.17) is 4.74 Å². The van der Waals surface area contributed by atoms with E-state index in [-0.39, 0.29) is 12.8 Å². The summed E-state index contributed by atoms with van der Waals surface area (Å²) < 4.78 is 9.24. The summed E-state index contributed by atoms with van der Waals surface area (Å²) in [6, 6.07) is 0. The molecule has 0 fully saturated rings. The summed E-state index contributed by atoms with van der Waals surface area (Å²) in [5.41, 5.74) is -0.647. The van der Waals surface area contributed by atoms with Gasteiger partial charge in [-0.05, 0) is 20.8 Å². The molecule has 0 bridgehead atoms. The second kappa shape index (κ2) is 6.32. The Morgan fingerprint density at radius 2 is 1.88 bits per heavy atom. The largest absolute Gasteiger partial charge is 0.469 e. The van der Waals surface area contributed by atoms with Crippen LogP contribution < -0.4 is 5.32 Å². The van der Waals surface area contributed by atoms with Crippen molar-refractivity contribution in [2.45, 2.75) is 45.4 Å². The molecule has 1 atom stereocenters. The number of rotatable bonds is 4. The van der Waals surface area contributed by atoms with Gasteiger partial charge < -0.3 is 9.47 Å². The van der Waals surface area contributed by atoms with Crippen molar-refractivity contribution in [2.75, 3.05) is 7.11 Å². The Labute approximate surface area is 94.9 Å². The van der Waals surface area contributed by atoms with Gasteiger partial charge >= 0.3 is 12.1 Å². The molecule has 1 radical (unpaired) electrons. The van der Waals surface area contributed by atoms with Crippen LogP contribution in [0.3, 0.4) is 0 Å². The van der Waals surface area contributed by atoms with E-state index in [1.54, 1.807) is 20.8 Å². The standard InChI is InChI=1S/C10H18NO5/c1-10(2,3)16-9(14)11-7(12)5-6-8(13)15-4/h7H,5-6H2,1-4H3,(H,11,14). The van der Waals surface area contributed by atoms with E-state index in [2.05, 4.69) is 10.1 Å². The monoisotopic (exact) mass is 232 g/mol. The zero-order valence-corrected chi connectivity index (χ0v) is 10.0. The van der Waals surface area contributed by atoms with Gasteiger partial charge in [0.2, 0.25) is 0 Å². The zero-order chi connectivity index (χ0) is 12.8. The second-order valence-corrected chi connectivity index (χ2v) is 4.25. The van der Waals surface area contributed by atoms with Crippen LogP contribution in [0.1, 0.15) is 33.6 Å². The van der Waals surface area contributed by atoms with Crippen molar-refractivity contribution >= 4 is 12.1 Å². The van der Waals surface area contributed by atoms with Crippen molar-refractivity contribution in [1.82, 2.24) is 5.32 Å². The smallest absolute Gasteiger partial charge is 0.409 e. The van der Waals surface area contributed by atoms with E-state index < -0.39 is 23.9 Å². The molecule has 6 heteroatoms. The van der Waals surface area contributed by atoms with E-state index >= 15 is 0 Å². The Kier molecular flexibility index (Phi) is 5.81. The Bertz CT molecular complexity index is 246. The van der Waals surface area contributed by atoms with Crippen molar-refractivity contribution in [1.29, 1.82) is 0 Å². The maximum atomic E-state index is 11.2. The molecule has 0 aliphatic carbocycles. The Morgan fingerprint density at radius 3 is 2.31 bits per heavy atom. The molecular formula is C10H18NO5. The van der Waals surface area contributed by atoms with Crippen LogP contribution in [0.15, 0.2) is 0 Å². The fourth-order valence-corrected chi connectivity index (χ4v) is 0.862. The highest BCUT2D eigenvalue weighted by Crippen LogP contribution is 2.07. The molecule has 0 heterocycles. The molecule has 0 aliphatic rings. The van der Waals surface area contributed by atoms with Crippen molar-refractivity contribution in [3.63, 3.8) is 0 Å². The molecule has 0 aromatic carbocycles. The lowest BCUT2D eigenvalue weighted by atomic mass is 10.2. The number of hydrogen-bond acceptors (Lipinski definition) is 4. The lowest BCUT2D eigenvalue weighted by Crippen LogP contribution is -2.38. The molecule has 0 saturated heterocycles. The normalized spacial score (nSPS) is 12.8. The Morgan fingerprint density at radius 1 is 1.31 bits per heavy atom. The molecular weight excluding hydrogens is 214 g/mol. The number of carbonyl (C=O) groups excluding carboxylic acids is 2. The molecule has 6 nitrogen and oxygen atoms in total. The first-order chi connectivity index (χ1) is 7.24. The van der Waals surface area contributed by atoms with Crippen molar-refractivity contribution in [3.8, 4) is 0 Å². The van der Waals surface area contributed by atoms with Crippen LogP contribution in [-0.4, -0.2) is 31.0 Å². The highest BCUT2D eigenvalue weighted by molar-refractivity contribution is 5.70. The number of esters is 1. The third kappa shape index (κ3) is 8.05. The number of hydrogen-bond donors (Lipinski definition) is 1. The van der Waals surface area contributed by atoms with Gasteiger partial charge in [-0.25, -0.2) is 9.90 Å². The third-order valence-electron chi connectivity index (χ3n) is 1.52. The SMILES string of the molecule is COC(=O)CCC([O])NC(=O)OC(C)(C)C.